The Morgan fingerprint density at radius 3 is 2.43 bits per heavy atom. The quantitative estimate of drug-likeness (QED) is 0.341. The predicted octanol–water partition coefficient (Wildman–Crippen LogP) is 0.470. The molecule has 0 aliphatic rings. The lowest BCUT2D eigenvalue weighted by Gasteiger charge is -2.04. The molecule has 0 amide bonds. The van der Waals surface area contributed by atoms with Crippen molar-refractivity contribution < 1.29 is 28.0 Å². The summed E-state index contributed by atoms with van der Waals surface area (Å²) in [5.41, 5.74) is -0.856. The summed E-state index contributed by atoms with van der Waals surface area (Å²) in [5, 5.41) is 17.0. The van der Waals surface area contributed by atoms with Crippen LogP contribution < -0.4 is 5.14 Å². The van der Waals surface area contributed by atoms with Crippen molar-refractivity contribution in [2.45, 2.75) is 9.73 Å². The van der Waals surface area contributed by atoms with Gasteiger partial charge in [0.1, 0.15) is 0 Å². The van der Waals surface area contributed by atoms with Crippen molar-refractivity contribution in [2.24, 2.45) is 10.3 Å². The molecule has 0 fully saturated rings. The van der Waals surface area contributed by atoms with E-state index in [4.69, 9.17) is 33.4 Å². The van der Waals surface area contributed by atoms with Crippen LogP contribution in [0.1, 0.15) is 5.56 Å². The van der Waals surface area contributed by atoms with E-state index >= 15 is 0 Å². The summed E-state index contributed by atoms with van der Waals surface area (Å²) < 4.78 is 22.4. The number of nitrogens with zero attached hydrogens (tertiary/aromatic N) is 1. The second-order valence-corrected chi connectivity index (χ2v) is 6.19. The van der Waals surface area contributed by atoms with Gasteiger partial charge in [-0.05, 0) is 12.1 Å². The van der Waals surface area contributed by atoms with E-state index in [1.807, 2.05) is 0 Å². The number of halogens is 2. The van der Waals surface area contributed by atoms with Crippen LogP contribution in [0.4, 0.5) is 0 Å². The number of sulfonamides is 1. The first-order valence-corrected chi connectivity index (χ1v) is 7.48. The lowest BCUT2D eigenvalue weighted by Crippen LogP contribution is -2.19. The van der Waals surface area contributed by atoms with Crippen LogP contribution in [0.3, 0.4) is 0 Å². The van der Waals surface area contributed by atoms with E-state index < -0.39 is 32.5 Å². The minimum absolute atomic E-state index is 0.137. The fourth-order valence-corrected chi connectivity index (χ4v) is 1.81. The van der Waals surface area contributed by atoms with Gasteiger partial charge in [-0.25, -0.2) is 23.1 Å². The molecule has 0 aromatic heterocycles. The highest BCUT2D eigenvalue weighted by Gasteiger charge is 2.19. The SMILES string of the molecule is NS(=O)(=O)c1cccc(C(=NOC(=O)C(Cl)Cl)C(=O)O)c1. The zero-order valence-corrected chi connectivity index (χ0v) is 12.4. The van der Waals surface area contributed by atoms with Crippen molar-refractivity contribution in [1.82, 2.24) is 0 Å². The van der Waals surface area contributed by atoms with Gasteiger partial charge in [0.25, 0.3) is 0 Å². The van der Waals surface area contributed by atoms with Crippen molar-refractivity contribution in [3.8, 4) is 0 Å². The number of aliphatic carboxylic acids is 1. The highest BCUT2D eigenvalue weighted by molar-refractivity contribution is 7.89. The van der Waals surface area contributed by atoms with Gasteiger partial charge in [-0.3, -0.25) is 0 Å². The van der Waals surface area contributed by atoms with Gasteiger partial charge in [-0.15, -0.1) is 0 Å². The zero-order valence-electron chi connectivity index (χ0n) is 10.1. The molecule has 0 saturated heterocycles. The van der Waals surface area contributed by atoms with Crippen LogP contribution in [0.15, 0.2) is 34.3 Å². The second-order valence-electron chi connectivity index (χ2n) is 3.53. The molecular formula is C10H8Cl2N2O6S. The number of oxime groups is 1. The van der Waals surface area contributed by atoms with E-state index in [0.29, 0.717) is 0 Å². The number of primary sulfonamides is 1. The standard InChI is InChI=1S/C10H8Cl2N2O6S/c11-8(12)10(17)20-14-7(9(15)16)5-2-1-3-6(4-5)21(13,18)19/h1-4,8H,(H,15,16)(H2,13,18,19). The molecule has 3 N–H and O–H groups in total. The normalized spacial score (nSPS) is 12.3. The molecule has 0 bridgehead atoms. The Balaban J connectivity index is 3.22. The molecule has 0 saturated carbocycles. The van der Waals surface area contributed by atoms with Gasteiger partial charge in [0.05, 0.1) is 4.90 Å². The number of rotatable bonds is 5. The molecular weight excluding hydrogens is 347 g/mol. The Labute approximate surface area is 129 Å². The highest BCUT2D eigenvalue weighted by Crippen LogP contribution is 2.12. The largest absolute Gasteiger partial charge is 0.476 e. The lowest BCUT2D eigenvalue weighted by atomic mass is 10.1. The molecule has 0 atom stereocenters. The molecule has 0 unspecified atom stereocenters. The summed E-state index contributed by atoms with van der Waals surface area (Å²) in [5.74, 6) is -2.74. The molecule has 0 aliphatic carbocycles. The fourth-order valence-electron chi connectivity index (χ4n) is 1.17. The first kappa shape index (κ1) is 17.4. The van der Waals surface area contributed by atoms with Gasteiger partial charge in [0.2, 0.25) is 14.9 Å². The average Bonchev–Trinajstić information content (AvgIpc) is 2.37. The molecule has 0 aliphatic heterocycles. The Morgan fingerprint density at radius 2 is 1.95 bits per heavy atom. The van der Waals surface area contributed by atoms with E-state index in [1.54, 1.807) is 0 Å². The number of carbonyl (C=O) groups excluding carboxylic acids is 1. The van der Waals surface area contributed by atoms with Crippen LogP contribution in [-0.4, -0.2) is 36.0 Å². The van der Waals surface area contributed by atoms with Crippen LogP contribution in [0.5, 0.6) is 0 Å². The highest BCUT2D eigenvalue weighted by atomic mass is 35.5. The molecule has 0 spiro atoms. The van der Waals surface area contributed by atoms with Crippen molar-refractivity contribution >= 4 is 50.9 Å². The summed E-state index contributed by atoms with van der Waals surface area (Å²) in [6.45, 7) is 0. The smallest absolute Gasteiger partial charge is 0.367 e. The summed E-state index contributed by atoms with van der Waals surface area (Å²) in [6, 6.07) is 4.63. The van der Waals surface area contributed by atoms with Crippen molar-refractivity contribution in [2.75, 3.05) is 0 Å². The number of alkyl halides is 2. The van der Waals surface area contributed by atoms with Crippen LogP contribution in [-0.2, 0) is 24.4 Å². The Kier molecular flexibility index (Phi) is 5.67. The number of nitrogens with two attached hydrogens (primary N) is 1. The number of carboxylic acid groups (broad SMARTS) is 1. The summed E-state index contributed by atoms with van der Waals surface area (Å²) >= 11 is 10.4. The van der Waals surface area contributed by atoms with Gasteiger partial charge < -0.3 is 9.94 Å². The number of benzene rings is 1. The number of hydrogen-bond donors (Lipinski definition) is 2. The van der Waals surface area contributed by atoms with Crippen molar-refractivity contribution in [1.29, 1.82) is 0 Å². The van der Waals surface area contributed by atoms with Crippen molar-refractivity contribution in [3.63, 3.8) is 0 Å². The van der Waals surface area contributed by atoms with Crippen LogP contribution >= 0.6 is 23.2 Å². The molecule has 1 aromatic carbocycles. The molecule has 1 rings (SSSR count). The Morgan fingerprint density at radius 1 is 1.33 bits per heavy atom. The van der Waals surface area contributed by atoms with Gasteiger partial charge in [-0.2, -0.15) is 0 Å². The summed E-state index contributed by atoms with van der Waals surface area (Å²) in [4.78, 5) is 24.5. The minimum atomic E-state index is -4.03. The Hall–Kier alpha value is -1.68. The van der Waals surface area contributed by atoms with E-state index in [1.165, 1.54) is 12.1 Å². The minimum Gasteiger partial charge on any atom is -0.476 e. The number of hydrogen-bond acceptors (Lipinski definition) is 6. The van der Waals surface area contributed by atoms with Crippen LogP contribution in [0.2, 0.25) is 0 Å². The van der Waals surface area contributed by atoms with E-state index in [9.17, 15) is 18.0 Å². The van der Waals surface area contributed by atoms with E-state index in [2.05, 4.69) is 9.99 Å². The average molecular weight is 355 g/mol. The third-order valence-corrected chi connectivity index (χ3v) is 3.31. The topological polar surface area (TPSA) is 136 Å². The second kappa shape index (κ2) is 6.85. The first-order valence-electron chi connectivity index (χ1n) is 5.06. The van der Waals surface area contributed by atoms with E-state index in [0.717, 1.165) is 12.1 Å². The van der Waals surface area contributed by atoms with Crippen LogP contribution in [0.25, 0.3) is 0 Å². The summed E-state index contributed by atoms with van der Waals surface area (Å²) in [6.07, 6.45) is 0. The van der Waals surface area contributed by atoms with Gasteiger partial charge in [0.15, 0.2) is 5.71 Å². The maximum atomic E-state index is 11.2. The fraction of sp³-hybridized carbons (Fsp3) is 0.100. The van der Waals surface area contributed by atoms with Crippen LogP contribution in [0, 0.1) is 0 Å². The maximum Gasteiger partial charge on any atom is 0.367 e. The van der Waals surface area contributed by atoms with Crippen molar-refractivity contribution in [3.05, 3.63) is 29.8 Å². The maximum absolute atomic E-state index is 11.2. The summed E-state index contributed by atoms with van der Waals surface area (Å²) in [7, 11) is -4.03. The third-order valence-electron chi connectivity index (χ3n) is 2.04. The molecule has 21 heavy (non-hydrogen) atoms. The molecule has 8 nitrogen and oxygen atoms in total. The molecule has 11 heteroatoms. The van der Waals surface area contributed by atoms with Gasteiger partial charge >= 0.3 is 11.9 Å². The van der Waals surface area contributed by atoms with Gasteiger partial charge in [0, 0.05) is 5.56 Å². The number of carbonyl (C=O) groups is 2. The zero-order chi connectivity index (χ0) is 16.2. The Bertz CT molecular complexity index is 701. The number of carboxylic acids is 1. The van der Waals surface area contributed by atoms with E-state index in [-0.39, 0.29) is 10.5 Å². The van der Waals surface area contributed by atoms with Gasteiger partial charge in [-0.1, -0.05) is 40.5 Å². The third kappa shape index (κ3) is 4.97. The predicted molar refractivity (Wildman–Crippen MR) is 73.6 cm³/mol. The first-order chi connectivity index (χ1) is 9.62. The molecule has 0 heterocycles. The lowest BCUT2D eigenvalue weighted by molar-refractivity contribution is -0.141. The molecule has 114 valence electrons. The monoisotopic (exact) mass is 354 g/mol. The molecule has 1 aromatic rings. The molecule has 0 radical (unpaired) electrons.